The van der Waals surface area contributed by atoms with E-state index in [1.54, 1.807) is 4.57 Å². The molecule has 0 N–H and O–H groups in total. The first-order valence-corrected chi connectivity index (χ1v) is 9.17. The zero-order chi connectivity index (χ0) is 18.1. The number of carbonyl (C=O) groups is 1. The monoisotopic (exact) mass is 347 g/mol. The van der Waals surface area contributed by atoms with Gasteiger partial charge in [0, 0.05) is 31.4 Å². The topological polar surface area (TPSA) is 66.1 Å². The van der Waals surface area contributed by atoms with Crippen molar-refractivity contribution in [1.29, 1.82) is 5.26 Å². The number of nitrogens with zero attached hydrogens (tertiary/aromatic N) is 3. The van der Waals surface area contributed by atoms with E-state index < -0.39 is 0 Å². The SMILES string of the molecule is N#Cc1c2c(cn(CC3CCN(C(=O)c4ccccc4)C3)c1=O)CCC2. The number of aryl methyl sites for hydroxylation is 1. The van der Waals surface area contributed by atoms with Crippen molar-refractivity contribution in [2.24, 2.45) is 5.92 Å². The molecule has 1 saturated heterocycles. The summed E-state index contributed by atoms with van der Waals surface area (Å²) in [6.45, 7) is 1.93. The minimum absolute atomic E-state index is 0.0483. The van der Waals surface area contributed by atoms with Crippen LogP contribution in [0.25, 0.3) is 0 Å². The number of rotatable bonds is 3. The molecule has 1 aliphatic heterocycles. The Morgan fingerprint density at radius 3 is 2.81 bits per heavy atom. The number of amides is 1. The Morgan fingerprint density at radius 2 is 2.04 bits per heavy atom. The number of pyridine rings is 1. The molecule has 1 aromatic heterocycles. The molecule has 2 heterocycles. The fraction of sp³-hybridized carbons (Fsp3) is 0.381. The van der Waals surface area contributed by atoms with Crippen molar-refractivity contribution in [3.8, 4) is 6.07 Å². The van der Waals surface area contributed by atoms with Gasteiger partial charge in [-0.15, -0.1) is 0 Å². The Bertz CT molecular complexity index is 940. The Hall–Kier alpha value is -2.87. The van der Waals surface area contributed by atoms with Gasteiger partial charge < -0.3 is 9.47 Å². The minimum atomic E-state index is -0.180. The average molecular weight is 347 g/mol. The van der Waals surface area contributed by atoms with Crippen LogP contribution in [0, 0.1) is 17.2 Å². The van der Waals surface area contributed by atoms with Crippen molar-refractivity contribution >= 4 is 5.91 Å². The lowest BCUT2D eigenvalue weighted by Gasteiger charge is -2.18. The summed E-state index contributed by atoms with van der Waals surface area (Å²) in [5.74, 6) is 0.290. The molecule has 2 aromatic rings. The highest BCUT2D eigenvalue weighted by Gasteiger charge is 2.28. The number of carbonyl (C=O) groups excluding carboxylic acids is 1. The summed E-state index contributed by atoms with van der Waals surface area (Å²) in [5, 5.41) is 9.39. The summed E-state index contributed by atoms with van der Waals surface area (Å²) in [4.78, 5) is 27.1. The average Bonchev–Trinajstić information content (AvgIpc) is 3.32. The molecular formula is C21H21N3O2. The summed E-state index contributed by atoms with van der Waals surface area (Å²) >= 11 is 0. The normalized spacial score (nSPS) is 18.6. The van der Waals surface area contributed by atoms with Gasteiger partial charge in [0.1, 0.15) is 11.6 Å². The first-order chi connectivity index (χ1) is 12.7. The molecule has 1 aromatic carbocycles. The van der Waals surface area contributed by atoms with E-state index in [9.17, 15) is 14.9 Å². The molecule has 1 atom stereocenters. The van der Waals surface area contributed by atoms with Gasteiger partial charge in [-0.25, -0.2) is 0 Å². The standard InChI is InChI=1S/C21H21N3O2/c22-11-19-18-8-4-7-17(18)14-24(21(19)26)13-15-9-10-23(12-15)20(25)16-5-2-1-3-6-16/h1-3,5-6,14-15H,4,7-10,12-13H2. The van der Waals surface area contributed by atoms with Gasteiger partial charge in [0.05, 0.1) is 0 Å². The Kier molecular flexibility index (Phi) is 4.34. The maximum Gasteiger partial charge on any atom is 0.268 e. The molecule has 0 spiro atoms. The molecule has 0 bridgehead atoms. The van der Waals surface area contributed by atoms with Gasteiger partial charge in [-0.05, 0) is 54.9 Å². The zero-order valence-electron chi connectivity index (χ0n) is 14.6. The number of likely N-dealkylation sites (tertiary alicyclic amines) is 1. The van der Waals surface area contributed by atoms with Gasteiger partial charge in [0.15, 0.2) is 0 Å². The van der Waals surface area contributed by atoms with Crippen molar-refractivity contribution in [2.75, 3.05) is 13.1 Å². The Morgan fingerprint density at radius 1 is 1.23 bits per heavy atom. The van der Waals surface area contributed by atoms with E-state index in [0.717, 1.165) is 36.8 Å². The van der Waals surface area contributed by atoms with Crippen LogP contribution in [0.4, 0.5) is 0 Å². The summed E-state index contributed by atoms with van der Waals surface area (Å²) < 4.78 is 1.70. The summed E-state index contributed by atoms with van der Waals surface area (Å²) in [6.07, 6.45) is 5.60. The third-order valence-corrected chi connectivity index (χ3v) is 5.51. The number of aromatic nitrogens is 1. The molecule has 5 heteroatoms. The lowest BCUT2D eigenvalue weighted by Crippen LogP contribution is -2.31. The van der Waals surface area contributed by atoms with Crippen LogP contribution < -0.4 is 5.56 Å². The maximum atomic E-state index is 12.6. The quantitative estimate of drug-likeness (QED) is 0.856. The fourth-order valence-corrected chi connectivity index (χ4v) is 4.17. The van der Waals surface area contributed by atoms with E-state index >= 15 is 0 Å². The number of benzene rings is 1. The van der Waals surface area contributed by atoms with E-state index in [0.29, 0.717) is 30.8 Å². The van der Waals surface area contributed by atoms with Crippen LogP contribution in [0.5, 0.6) is 0 Å². The first kappa shape index (κ1) is 16.6. The molecule has 1 fully saturated rings. The molecule has 1 aliphatic carbocycles. The van der Waals surface area contributed by atoms with Crippen molar-refractivity contribution in [1.82, 2.24) is 9.47 Å². The molecule has 1 unspecified atom stereocenters. The highest BCUT2D eigenvalue weighted by molar-refractivity contribution is 5.94. The smallest absolute Gasteiger partial charge is 0.268 e. The van der Waals surface area contributed by atoms with E-state index in [1.165, 1.54) is 0 Å². The van der Waals surface area contributed by atoms with Gasteiger partial charge in [-0.1, -0.05) is 18.2 Å². The largest absolute Gasteiger partial charge is 0.338 e. The van der Waals surface area contributed by atoms with Crippen molar-refractivity contribution < 1.29 is 4.79 Å². The second-order valence-corrected chi connectivity index (χ2v) is 7.20. The predicted octanol–water partition coefficient (Wildman–Crippen LogP) is 2.37. The van der Waals surface area contributed by atoms with Crippen LogP contribution in [0.2, 0.25) is 0 Å². The molecule has 5 nitrogen and oxygen atoms in total. The molecule has 26 heavy (non-hydrogen) atoms. The van der Waals surface area contributed by atoms with Gasteiger partial charge >= 0.3 is 0 Å². The number of hydrogen-bond donors (Lipinski definition) is 0. The fourth-order valence-electron chi connectivity index (χ4n) is 4.17. The minimum Gasteiger partial charge on any atom is -0.338 e. The van der Waals surface area contributed by atoms with E-state index in [-0.39, 0.29) is 17.4 Å². The molecule has 1 amide bonds. The molecule has 0 radical (unpaired) electrons. The molecular weight excluding hydrogens is 326 g/mol. The van der Waals surface area contributed by atoms with Gasteiger partial charge in [0.2, 0.25) is 0 Å². The molecule has 0 saturated carbocycles. The van der Waals surface area contributed by atoms with Crippen molar-refractivity contribution in [3.05, 3.63) is 69.1 Å². The summed E-state index contributed by atoms with van der Waals surface area (Å²) in [6, 6.07) is 11.4. The van der Waals surface area contributed by atoms with Gasteiger partial charge in [-0.2, -0.15) is 5.26 Å². The predicted molar refractivity (Wildman–Crippen MR) is 97.9 cm³/mol. The summed E-state index contributed by atoms with van der Waals surface area (Å²) in [5.41, 5.74) is 2.92. The lowest BCUT2D eigenvalue weighted by molar-refractivity contribution is 0.0786. The second-order valence-electron chi connectivity index (χ2n) is 7.20. The van der Waals surface area contributed by atoms with Gasteiger partial charge in [0.25, 0.3) is 11.5 Å². The van der Waals surface area contributed by atoms with Crippen LogP contribution in [0.3, 0.4) is 0 Å². The highest BCUT2D eigenvalue weighted by atomic mass is 16.2. The Balaban J connectivity index is 1.51. The van der Waals surface area contributed by atoms with Crippen LogP contribution in [-0.4, -0.2) is 28.5 Å². The number of fused-ring (bicyclic) bond motifs is 1. The van der Waals surface area contributed by atoms with Crippen LogP contribution >= 0.6 is 0 Å². The third-order valence-electron chi connectivity index (χ3n) is 5.51. The number of hydrogen-bond acceptors (Lipinski definition) is 3. The molecule has 4 rings (SSSR count). The molecule has 132 valence electrons. The van der Waals surface area contributed by atoms with Gasteiger partial charge in [-0.3, -0.25) is 9.59 Å². The number of nitriles is 1. The van der Waals surface area contributed by atoms with Crippen LogP contribution in [0.15, 0.2) is 41.3 Å². The zero-order valence-corrected chi connectivity index (χ0v) is 14.6. The first-order valence-electron chi connectivity index (χ1n) is 9.17. The van der Waals surface area contributed by atoms with Crippen molar-refractivity contribution in [3.63, 3.8) is 0 Å². The third kappa shape index (κ3) is 2.92. The van der Waals surface area contributed by atoms with E-state index in [1.807, 2.05) is 41.4 Å². The van der Waals surface area contributed by atoms with Crippen LogP contribution in [0.1, 0.15) is 39.9 Å². The Labute approximate surface area is 152 Å². The highest BCUT2D eigenvalue weighted by Crippen LogP contribution is 2.24. The molecule has 2 aliphatic rings. The van der Waals surface area contributed by atoms with E-state index in [4.69, 9.17) is 0 Å². The maximum absolute atomic E-state index is 12.6. The van der Waals surface area contributed by atoms with Crippen LogP contribution in [-0.2, 0) is 19.4 Å². The van der Waals surface area contributed by atoms with E-state index in [2.05, 4.69) is 6.07 Å². The van der Waals surface area contributed by atoms with Crippen molar-refractivity contribution in [2.45, 2.75) is 32.2 Å². The summed E-state index contributed by atoms with van der Waals surface area (Å²) in [7, 11) is 0. The second kappa shape index (κ2) is 6.80. The lowest BCUT2D eigenvalue weighted by atomic mass is 10.1.